The first-order chi connectivity index (χ1) is 7.23. The second-order valence-electron chi connectivity index (χ2n) is 4.84. The molecule has 4 nitrogen and oxygen atoms in total. The maximum absolute atomic E-state index is 11.2. The lowest BCUT2D eigenvalue weighted by atomic mass is 9.81. The summed E-state index contributed by atoms with van der Waals surface area (Å²) in [6, 6.07) is 5.29. The van der Waals surface area contributed by atoms with E-state index >= 15 is 0 Å². The number of hydrogen-bond donors (Lipinski definition) is 2. The van der Waals surface area contributed by atoms with Gasteiger partial charge in [-0.3, -0.25) is 0 Å². The molecule has 3 N–H and O–H groups in total. The quantitative estimate of drug-likeness (QED) is 0.780. The van der Waals surface area contributed by atoms with E-state index in [1.807, 2.05) is 6.07 Å². The fourth-order valence-corrected chi connectivity index (χ4v) is 2.57. The average Bonchev–Trinajstić information content (AvgIpc) is 2.36. The average molecular weight is 240 g/mol. The second-order valence-corrected chi connectivity index (χ2v) is 6.40. The lowest BCUT2D eigenvalue weighted by molar-refractivity contribution is 0.486. The number of anilines is 1. The summed E-state index contributed by atoms with van der Waals surface area (Å²) in [7, 11) is -3.62. The van der Waals surface area contributed by atoms with E-state index in [4.69, 9.17) is 5.14 Å². The molecular weight excluding hydrogens is 224 g/mol. The van der Waals surface area contributed by atoms with Crippen LogP contribution < -0.4 is 10.5 Å². The summed E-state index contributed by atoms with van der Waals surface area (Å²) in [5, 5.41) is 8.38. The number of nitrogens with two attached hydrogens (primary N) is 1. The van der Waals surface area contributed by atoms with Crippen molar-refractivity contribution in [3.8, 4) is 0 Å². The molecule has 1 aromatic rings. The first-order valence-electron chi connectivity index (χ1n) is 5.17. The number of rotatable bonds is 1. The van der Waals surface area contributed by atoms with Crippen LogP contribution in [0, 0.1) is 0 Å². The molecule has 88 valence electrons. The van der Waals surface area contributed by atoms with Gasteiger partial charge in [0.1, 0.15) is 0 Å². The van der Waals surface area contributed by atoms with Crippen LogP contribution in [0.1, 0.15) is 26.3 Å². The Hall–Kier alpha value is -1.07. The topological polar surface area (TPSA) is 72.2 Å². The van der Waals surface area contributed by atoms with Crippen LogP contribution in [0.2, 0.25) is 0 Å². The molecule has 1 aliphatic heterocycles. The van der Waals surface area contributed by atoms with E-state index < -0.39 is 10.0 Å². The van der Waals surface area contributed by atoms with E-state index in [0.29, 0.717) is 0 Å². The molecule has 0 amide bonds. The zero-order chi connectivity index (χ0) is 12.1. The molecule has 1 aliphatic rings. The first kappa shape index (κ1) is 11.4. The Morgan fingerprint density at radius 1 is 1.38 bits per heavy atom. The second kappa shape index (κ2) is 3.21. The molecule has 0 aromatic heterocycles. The van der Waals surface area contributed by atoms with Crippen LogP contribution in [0.3, 0.4) is 0 Å². The molecule has 1 aromatic carbocycles. The van der Waals surface area contributed by atoms with Crippen LogP contribution in [0.4, 0.5) is 5.69 Å². The largest absolute Gasteiger partial charge is 0.381 e. The van der Waals surface area contributed by atoms with E-state index in [1.165, 1.54) is 0 Å². The fourth-order valence-electron chi connectivity index (χ4n) is 2.03. The molecule has 1 atom stereocenters. The summed E-state index contributed by atoms with van der Waals surface area (Å²) in [6.45, 7) is 6.34. The van der Waals surface area contributed by atoms with Crippen molar-refractivity contribution in [2.24, 2.45) is 5.14 Å². The molecule has 0 spiro atoms. The van der Waals surface area contributed by atoms with Gasteiger partial charge in [0.15, 0.2) is 0 Å². The number of primary sulfonamides is 1. The highest BCUT2D eigenvalue weighted by Crippen LogP contribution is 2.41. The van der Waals surface area contributed by atoms with Crippen LogP contribution in [0.15, 0.2) is 23.1 Å². The predicted molar refractivity (Wildman–Crippen MR) is 63.9 cm³/mol. The van der Waals surface area contributed by atoms with Gasteiger partial charge in [0.2, 0.25) is 10.0 Å². The Kier molecular flexibility index (Phi) is 2.29. The highest BCUT2D eigenvalue weighted by Gasteiger charge is 2.36. The van der Waals surface area contributed by atoms with E-state index in [0.717, 1.165) is 11.3 Å². The summed E-state index contributed by atoms with van der Waals surface area (Å²) in [6.07, 6.45) is 0. The summed E-state index contributed by atoms with van der Waals surface area (Å²) >= 11 is 0. The van der Waals surface area contributed by atoms with E-state index in [1.54, 1.807) is 12.1 Å². The predicted octanol–water partition coefficient (Wildman–Crippen LogP) is 1.43. The molecule has 1 heterocycles. The molecule has 2 rings (SSSR count). The number of nitrogens with one attached hydrogen (secondary N) is 1. The van der Waals surface area contributed by atoms with Crippen molar-refractivity contribution in [1.29, 1.82) is 0 Å². The molecule has 0 saturated carbocycles. The Balaban J connectivity index is 2.57. The lowest BCUT2D eigenvalue weighted by Gasteiger charge is -2.23. The van der Waals surface area contributed by atoms with Gasteiger partial charge in [-0.25, -0.2) is 13.6 Å². The molecule has 0 aliphatic carbocycles. The highest BCUT2D eigenvalue weighted by molar-refractivity contribution is 7.89. The third kappa shape index (κ3) is 1.60. The van der Waals surface area contributed by atoms with Crippen molar-refractivity contribution in [3.63, 3.8) is 0 Å². The van der Waals surface area contributed by atoms with E-state index in [-0.39, 0.29) is 16.4 Å². The zero-order valence-corrected chi connectivity index (χ0v) is 10.4. The van der Waals surface area contributed by atoms with Crippen molar-refractivity contribution in [2.75, 3.05) is 5.32 Å². The first-order valence-corrected chi connectivity index (χ1v) is 6.71. The molecule has 0 fully saturated rings. The van der Waals surface area contributed by atoms with Crippen LogP contribution >= 0.6 is 0 Å². The molecule has 0 saturated heterocycles. The maximum Gasteiger partial charge on any atom is 0.238 e. The van der Waals surface area contributed by atoms with Crippen LogP contribution in [-0.4, -0.2) is 14.5 Å². The van der Waals surface area contributed by atoms with Crippen LogP contribution in [0.25, 0.3) is 0 Å². The number of sulfonamides is 1. The van der Waals surface area contributed by atoms with Crippen LogP contribution in [0.5, 0.6) is 0 Å². The van der Waals surface area contributed by atoms with Gasteiger partial charge >= 0.3 is 0 Å². The summed E-state index contributed by atoms with van der Waals surface area (Å²) in [5.74, 6) is 0. The van der Waals surface area contributed by atoms with Gasteiger partial charge in [-0.2, -0.15) is 0 Å². The third-order valence-electron chi connectivity index (χ3n) is 3.47. The van der Waals surface area contributed by atoms with Crippen molar-refractivity contribution in [3.05, 3.63) is 23.8 Å². The minimum Gasteiger partial charge on any atom is -0.381 e. The van der Waals surface area contributed by atoms with E-state index in [2.05, 4.69) is 26.1 Å². The Morgan fingerprint density at radius 2 is 2.00 bits per heavy atom. The van der Waals surface area contributed by atoms with Crippen molar-refractivity contribution in [2.45, 2.75) is 37.1 Å². The minimum absolute atomic E-state index is 0.00617. The smallest absolute Gasteiger partial charge is 0.238 e. The molecule has 5 heteroatoms. The normalized spacial score (nSPS) is 22.6. The third-order valence-corrected chi connectivity index (χ3v) is 4.38. The van der Waals surface area contributed by atoms with Gasteiger partial charge in [-0.1, -0.05) is 19.9 Å². The van der Waals surface area contributed by atoms with Crippen LogP contribution in [-0.2, 0) is 15.4 Å². The standard InChI is InChI=1S/C11H16N2O2S/c1-7-11(2,3)9-5-4-8(16(12,14)15)6-10(9)13-7/h4-7,13H,1-3H3,(H2,12,14,15). The van der Waals surface area contributed by atoms with Gasteiger partial charge in [0.25, 0.3) is 0 Å². The summed E-state index contributed by atoms with van der Waals surface area (Å²) < 4.78 is 22.5. The summed E-state index contributed by atoms with van der Waals surface area (Å²) in [5.41, 5.74) is 2.00. The molecule has 16 heavy (non-hydrogen) atoms. The Bertz CT molecular complexity index is 535. The number of fused-ring (bicyclic) bond motifs is 1. The van der Waals surface area contributed by atoms with Gasteiger partial charge in [-0.15, -0.1) is 0 Å². The summed E-state index contributed by atoms with van der Waals surface area (Å²) in [4.78, 5) is 0.156. The maximum atomic E-state index is 11.2. The van der Waals surface area contributed by atoms with Gasteiger partial charge in [-0.05, 0) is 24.6 Å². The van der Waals surface area contributed by atoms with Gasteiger partial charge in [0, 0.05) is 17.1 Å². The lowest BCUT2D eigenvalue weighted by Crippen LogP contribution is -2.29. The van der Waals surface area contributed by atoms with Gasteiger partial charge < -0.3 is 5.32 Å². The zero-order valence-electron chi connectivity index (χ0n) is 9.61. The monoisotopic (exact) mass is 240 g/mol. The van der Waals surface area contributed by atoms with Crippen molar-refractivity contribution in [1.82, 2.24) is 0 Å². The molecular formula is C11H16N2O2S. The number of hydrogen-bond acceptors (Lipinski definition) is 3. The fraction of sp³-hybridized carbons (Fsp3) is 0.455. The Morgan fingerprint density at radius 3 is 2.56 bits per heavy atom. The molecule has 1 unspecified atom stereocenters. The SMILES string of the molecule is CC1Nc2cc(S(N)(=O)=O)ccc2C1(C)C. The molecule has 0 radical (unpaired) electrons. The minimum atomic E-state index is -3.62. The van der Waals surface area contributed by atoms with Crippen molar-refractivity contribution >= 4 is 15.7 Å². The Labute approximate surface area is 95.9 Å². The van der Waals surface area contributed by atoms with Crippen molar-refractivity contribution < 1.29 is 8.42 Å². The number of benzene rings is 1. The molecule has 0 bridgehead atoms. The highest BCUT2D eigenvalue weighted by atomic mass is 32.2. The van der Waals surface area contributed by atoms with E-state index in [9.17, 15) is 8.42 Å². The van der Waals surface area contributed by atoms with Gasteiger partial charge in [0.05, 0.1) is 4.90 Å².